The molecule has 1 aromatic heterocycles. The van der Waals surface area contributed by atoms with Gasteiger partial charge in [0.1, 0.15) is 0 Å². The lowest BCUT2D eigenvalue weighted by Gasteiger charge is -2.15. The van der Waals surface area contributed by atoms with Crippen molar-refractivity contribution in [1.82, 2.24) is 15.0 Å². The summed E-state index contributed by atoms with van der Waals surface area (Å²) in [5, 5.41) is 5.40. The van der Waals surface area contributed by atoms with Gasteiger partial charge in [-0.3, -0.25) is 4.98 Å². The number of carbonyl (C=O) groups excluding carboxylic acids is 1. The van der Waals surface area contributed by atoms with Crippen LogP contribution in [0, 0.1) is 0 Å². The van der Waals surface area contributed by atoms with Crippen LogP contribution in [0.2, 0.25) is 0 Å². The van der Waals surface area contributed by atoms with E-state index in [2.05, 4.69) is 20.3 Å². The van der Waals surface area contributed by atoms with Crippen molar-refractivity contribution in [3.63, 3.8) is 0 Å². The van der Waals surface area contributed by atoms with Crippen LogP contribution in [0.4, 0.5) is 10.5 Å². The molecule has 3 aromatic rings. The average molecular weight is 410 g/mol. The van der Waals surface area contributed by atoms with Gasteiger partial charge in [-0.25, -0.2) is 17.9 Å². The van der Waals surface area contributed by atoms with Gasteiger partial charge in [-0.15, -0.1) is 0 Å². The fourth-order valence-corrected chi connectivity index (χ4v) is 3.92. The number of pyridine rings is 1. The largest absolute Gasteiger partial charge is 0.334 e. The van der Waals surface area contributed by atoms with Crippen molar-refractivity contribution in [1.29, 1.82) is 0 Å². The van der Waals surface area contributed by atoms with Crippen molar-refractivity contribution >= 4 is 21.7 Å². The SMILES string of the molecule is CC(NS(=O)(=O)c1ccc(NC(=O)NCc2ccncc2)cc1)c1ccccc1. The van der Waals surface area contributed by atoms with E-state index in [1.165, 1.54) is 12.1 Å². The molecule has 1 atom stereocenters. The molecule has 1 heterocycles. The molecule has 8 heteroatoms. The Kier molecular flexibility index (Phi) is 6.58. The lowest BCUT2D eigenvalue weighted by atomic mass is 10.1. The Hall–Kier alpha value is -3.23. The van der Waals surface area contributed by atoms with E-state index in [9.17, 15) is 13.2 Å². The molecule has 3 N–H and O–H groups in total. The summed E-state index contributed by atoms with van der Waals surface area (Å²) < 4.78 is 27.8. The maximum atomic E-state index is 12.6. The number of benzene rings is 2. The van der Waals surface area contributed by atoms with E-state index in [0.29, 0.717) is 12.2 Å². The lowest BCUT2D eigenvalue weighted by molar-refractivity contribution is 0.251. The van der Waals surface area contributed by atoms with E-state index < -0.39 is 10.0 Å². The average Bonchev–Trinajstić information content (AvgIpc) is 2.74. The highest BCUT2D eigenvalue weighted by Crippen LogP contribution is 2.18. The van der Waals surface area contributed by atoms with Gasteiger partial charge < -0.3 is 10.6 Å². The molecule has 0 aliphatic carbocycles. The lowest BCUT2D eigenvalue weighted by Crippen LogP contribution is -2.28. The highest BCUT2D eigenvalue weighted by molar-refractivity contribution is 7.89. The Morgan fingerprint density at radius 3 is 2.28 bits per heavy atom. The van der Waals surface area contributed by atoms with Crippen LogP contribution in [0.5, 0.6) is 0 Å². The van der Waals surface area contributed by atoms with Gasteiger partial charge >= 0.3 is 6.03 Å². The summed E-state index contributed by atoms with van der Waals surface area (Å²) in [6.45, 7) is 2.15. The summed E-state index contributed by atoms with van der Waals surface area (Å²) in [5.74, 6) is 0. The topological polar surface area (TPSA) is 100 Å². The second-order valence-corrected chi connectivity index (χ2v) is 8.16. The second-order valence-electron chi connectivity index (χ2n) is 6.44. The molecule has 0 saturated carbocycles. The Morgan fingerprint density at radius 2 is 1.62 bits per heavy atom. The number of aromatic nitrogens is 1. The molecular weight excluding hydrogens is 388 g/mol. The number of carbonyl (C=O) groups is 1. The van der Waals surface area contributed by atoms with Crippen LogP contribution in [0.15, 0.2) is 84.0 Å². The van der Waals surface area contributed by atoms with Crippen LogP contribution in [0.25, 0.3) is 0 Å². The van der Waals surface area contributed by atoms with Gasteiger partial charge in [0.2, 0.25) is 10.0 Å². The minimum absolute atomic E-state index is 0.128. The number of sulfonamides is 1. The highest BCUT2D eigenvalue weighted by Gasteiger charge is 2.18. The molecule has 1 unspecified atom stereocenters. The van der Waals surface area contributed by atoms with Crippen molar-refractivity contribution in [3.05, 3.63) is 90.3 Å². The molecule has 3 rings (SSSR count). The Balaban J connectivity index is 1.58. The van der Waals surface area contributed by atoms with Gasteiger partial charge in [0.05, 0.1) is 4.90 Å². The molecule has 0 aliphatic heterocycles. The van der Waals surface area contributed by atoms with E-state index >= 15 is 0 Å². The zero-order valence-electron chi connectivity index (χ0n) is 15.9. The van der Waals surface area contributed by atoms with Gasteiger partial charge in [-0.2, -0.15) is 0 Å². The maximum Gasteiger partial charge on any atom is 0.319 e. The van der Waals surface area contributed by atoms with Gasteiger partial charge in [0.15, 0.2) is 0 Å². The first-order valence-electron chi connectivity index (χ1n) is 9.05. The number of hydrogen-bond acceptors (Lipinski definition) is 4. The first-order valence-corrected chi connectivity index (χ1v) is 10.5. The number of nitrogens with zero attached hydrogens (tertiary/aromatic N) is 1. The summed E-state index contributed by atoms with van der Waals surface area (Å²) in [4.78, 5) is 16.0. The van der Waals surface area contributed by atoms with E-state index in [0.717, 1.165) is 11.1 Å². The zero-order chi connectivity index (χ0) is 20.7. The van der Waals surface area contributed by atoms with Gasteiger partial charge in [-0.1, -0.05) is 30.3 Å². The van der Waals surface area contributed by atoms with E-state index in [-0.39, 0.29) is 17.0 Å². The van der Waals surface area contributed by atoms with Crippen LogP contribution < -0.4 is 15.4 Å². The van der Waals surface area contributed by atoms with Gasteiger partial charge in [0, 0.05) is 30.7 Å². The molecule has 0 bridgehead atoms. The van der Waals surface area contributed by atoms with Crippen molar-refractivity contribution < 1.29 is 13.2 Å². The fraction of sp³-hybridized carbons (Fsp3) is 0.143. The maximum absolute atomic E-state index is 12.6. The molecule has 0 radical (unpaired) electrons. The molecule has 2 aromatic carbocycles. The Bertz CT molecular complexity index is 1040. The smallest absolute Gasteiger partial charge is 0.319 e. The van der Waals surface area contributed by atoms with Crippen LogP contribution >= 0.6 is 0 Å². The summed E-state index contributed by atoms with van der Waals surface area (Å²) in [5.41, 5.74) is 2.29. The number of amides is 2. The molecular formula is C21H22N4O3S. The molecule has 0 saturated heterocycles. The van der Waals surface area contributed by atoms with Gasteiger partial charge in [-0.05, 0) is 54.4 Å². The first-order chi connectivity index (χ1) is 13.9. The van der Waals surface area contributed by atoms with Crippen molar-refractivity contribution in [2.24, 2.45) is 0 Å². The normalized spacial score (nSPS) is 12.2. The van der Waals surface area contributed by atoms with Crippen LogP contribution in [-0.2, 0) is 16.6 Å². The van der Waals surface area contributed by atoms with Crippen molar-refractivity contribution in [2.45, 2.75) is 24.4 Å². The van der Waals surface area contributed by atoms with Crippen LogP contribution in [-0.4, -0.2) is 19.4 Å². The van der Waals surface area contributed by atoms with Crippen molar-refractivity contribution in [3.8, 4) is 0 Å². The second kappa shape index (κ2) is 9.31. The molecule has 29 heavy (non-hydrogen) atoms. The molecule has 150 valence electrons. The van der Waals surface area contributed by atoms with Crippen LogP contribution in [0.1, 0.15) is 24.1 Å². The minimum Gasteiger partial charge on any atom is -0.334 e. The number of urea groups is 1. The predicted molar refractivity (Wildman–Crippen MR) is 112 cm³/mol. The summed E-state index contributed by atoms with van der Waals surface area (Å²) in [6.07, 6.45) is 3.31. The number of hydrogen-bond donors (Lipinski definition) is 3. The number of rotatable bonds is 7. The number of nitrogens with one attached hydrogen (secondary N) is 3. The fourth-order valence-electron chi connectivity index (χ4n) is 2.69. The van der Waals surface area contributed by atoms with E-state index in [1.54, 1.807) is 31.5 Å². The first kappa shape index (κ1) is 20.5. The molecule has 0 spiro atoms. The number of anilines is 1. The predicted octanol–water partition coefficient (Wildman–Crippen LogP) is 3.44. The highest BCUT2D eigenvalue weighted by atomic mass is 32.2. The zero-order valence-corrected chi connectivity index (χ0v) is 16.7. The quantitative estimate of drug-likeness (QED) is 0.555. The molecule has 2 amide bonds. The molecule has 0 aliphatic rings. The van der Waals surface area contributed by atoms with Gasteiger partial charge in [0.25, 0.3) is 0 Å². The minimum atomic E-state index is -3.68. The third kappa shape index (κ3) is 5.87. The monoisotopic (exact) mass is 410 g/mol. The van der Waals surface area contributed by atoms with Crippen molar-refractivity contribution in [2.75, 3.05) is 5.32 Å². The molecule has 0 fully saturated rings. The summed E-state index contributed by atoms with van der Waals surface area (Å²) in [6, 6.07) is 18.2. The van der Waals surface area contributed by atoms with E-state index in [1.807, 2.05) is 42.5 Å². The van der Waals surface area contributed by atoms with E-state index in [4.69, 9.17) is 0 Å². The Morgan fingerprint density at radius 1 is 0.966 bits per heavy atom. The third-order valence-corrected chi connectivity index (χ3v) is 5.81. The standard InChI is InChI=1S/C21H22N4O3S/c1-16(18-5-3-2-4-6-18)25-29(27,28)20-9-7-19(8-10-20)24-21(26)23-15-17-11-13-22-14-12-17/h2-14,16,25H,15H2,1H3,(H2,23,24,26). The third-order valence-electron chi connectivity index (χ3n) is 4.26. The van der Waals surface area contributed by atoms with Crippen LogP contribution in [0.3, 0.4) is 0 Å². The summed E-state index contributed by atoms with van der Waals surface area (Å²) >= 11 is 0. The summed E-state index contributed by atoms with van der Waals surface area (Å²) in [7, 11) is -3.68. The Labute approximate surface area is 170 Å². The molecule has 7 nitrogen and oxygen atoms in total.